The summed E-state index contributed by atoms with van der Waals surface area (Å²) in [5.74, 6) is -0.837. The first-order valence-electron chi connectivity index (χ1n) is 8.57. The fourth-order valence-corrected chi connectivity index (χ4v) is 3.96. The van der Waals surface area contributed by atoms with Gasteiger partial charge < -0.3 is 10.1 Å². The average Bonchev–Trinajstić information content (AvgIpc) is 3.45. The van der Waals surface area contributed by atoms with Gasteiger partial charge in [0.2, 0.25) is 10.0 Å². The molecule has 144 valence electrons. The maximum absolute atomic E-state index is 13.9. The second-order valence-corrected chi connectivity index (χ2v) is 8.23. The standard InChI is InChI=1S/C19H21FN2O4S/c1-12(13-6-9-18(26-2)17(20)11-13)21-19(23)14-4-3-5-16(10-14)27(24,25)22-15-7-8-15/h3-6,9-12,15,22H,7-8H2,1-2H3,(H,21,23)/t12-/m0/s1. The number of carbonyl (C=O) groups excluding carboxylic acids is 1. The summed E-state index contributed by atoms with van der Waals surface area (Å²) in [4.78, 5) is 12.6. The van der Waals surface area contributed by atoms with E-state index < -0.39 is 27.8 Å². The van der Waals surface area contributed by atoms with Crippen LogP contribution < -0.4 is 14.8 Å². The van der Waals surface area contributed by atoms with Crippen molar-refractivity contribution >= 4 is 15.9 Å². The van der Waals surface area contributed by atoms with Crippen molar-refractivity contribution in [1.82, 2.24) is 10.0 Å². The van der Waals surface area contributed by atoms with Crippen molar-refractivity contribution in [3.05, 3.63) is 59.4 Å². The first-order chi connectivity index (χ1) is 12.8. The Bertz CT molecular complexity index is 958. The van der Waals surface area contributed by atoms with E-state index in [1.807, 2.05) is 0 Å². The number of amides is 1. The Kier molecular flexibility index (Phi) is 5.48. The third-order valence-corrected chi connectivity index (χ3v) is 5.85. The number of nitrogens with one attached hydrogen (secondary N) is 2. The van der Waals surface area contributed by atoms with Crippen molar-refractivity contribution in [2.75, 3.05) is 7.11 Å². The minimum atomic E-state index is -3.64. The van der Waals surface area contributed by atoms with Crippen molar-refractivity contribution in [2.24, 2.45) is 0 Å². The molecule has 2 N–H and O–H groups in total. The molecular formula is C19H21FN2O4S. The van der Waals surface area contributed by atoms with Gasteiger partial charge in [0.1, 0.15) is 0 Å². The van der Waals surface area contributed by atoms with Gasteiger partial charge in [-0.2, -0.15) is 0 Å². The SMILES string of the molecule is COc1ccc([C@H](C)NC(=O)c2cccc(S(=O)(=O)NC3CC3)c2)cc1F. The van der Waals surface area contributed by atoms with E-state index in [-0.39, 0.29) is 22.3 Å². The van der Waals surface area contributed by atoms with E-state index in [0.717, 1.165) is 12.8 Å². The molecule has 1 atom stereocenters. The second kappa shape index (κ2) is 7.66. The number of hydrogen-bond acceptors (Lipinski definition) is 4. The van der Waals surface area contributed by atoms with Crippen LogP contribution in [0.1, 0.15) is 41.7 Å². The molecule has 0 aromatic heterocycles. The molecule has 0 heterocycles. The van der Waals surface area contributed by atoms with Crippen LogP contribution in [0.3, 0.4) is 0 Å². The summed E-state index contributed by atoms with van der Waals surface area (Å²) in [6, 6.07) is 9.80. The van der Waals surface area contributed by atoms with Gasteiger partial charge in [-0.05, 0) is 55.7 Å². The Morgan fingerprint density at radius 2 is 1.96 bits per heavy atom. The zero-order valence-corrected chi connectivity index (χ0v) is 15.8. The molecule has 3 rings (SSSR count). The van der Waals surface area contributed by atoms with Crippen LogP contribution in [0.25, 0.3) is 0 Å². The monoisotopic (exact) mass is 392 g/mol. The third kappa shape index (κ3) is 4.64. The predicted octanol–water partition coefficient (Wildman–Crippen LogP) is 2.77. The van der Waals surface area contributed by atoms with E-state index in [1.54, 1.807) is 13.0 Å². The van der Waals surface area contributed by atoms with Crippen LogP contribution in [-0.2, 0) is 10.0 Å². The topological polar surface area (TPSA) is 84.5 Å². The molecule has 0 aliphatic heterocycles. The lowest BCUT2D eigenvalue weighted by atomic mass is 10.1. The molecule has 1 aliphatic carbocycles. The van der Waals surface area contributed by atoms with E-state index in [9.17, 15) is 17.6 Å². The molecule has 1 fully saturated rings. The number of sulfonamides is 1. The van der Waals surface area contributed by atoms with Crippen molar-refractivity contribution < 1.29 is 22.3 Å². The summed E-state index contributed by atoms with van der Waals surface area (Å²) in [6.45, 7) is 1.72. The Morgan fingerprint density at radius 1 is 1.22 bits per heavy atom. The third-order valence-electron chi connectivity index (χ3n) is 4.33. The predicted molar refractivity (Wildman–Crippen MR) is 98.6 cm³/mol. The van der Waals surface area contributed by atoms with E-state index in [2.05, 4.69) is 10.0 Å². The van der Waals surface area contributed by atoms with Crippen molar-refractivity contribution in [3.8, 4) is 5.75 Å². The number of benzene rings is 2. The first-order valence-corrected chi connectivity index (χ1v) is 10.0. The van der Waals surface area contributed by atoms with Crippen LogP contribution in [0.4, 0.5) is 4.39 Å². The fraction of sp³-hybridized carbons (Fsp3) is 0.316. The summed E-state index contributed by atoms with van der Waals surface area (Å²) in [5.41, 5.74) is 0.787. The molecule has 1 saturated carbocycles. The van der Waals surface area contributed by atoms with Crippen LogP contribution in [0.15, 0.2) is 47.4 Å². The average molecular weight is 392 g/mol. The molecule has 0 unspecified atom stereocenters. The lowest BCUT2D eigenvalue weighted by Crippen LogP contribution is -2.28. The van der Waals surface area contributed by atoms with Gasteiger partial charge in [-0.1, -0.05) is 12.1 Å². The number of carbonyl (C=O) groups is 1. The first kappa shape index (κ1) is 19.3. The number of rotatable bonds is 7. The lowest BCUT2D eigenvalue weighted by molar-refractivity contribution is 0.0939. The van der Waals surface area contributed by atoms with Crippen molar-refractivity contribution in [2.45, 2.75) is 36.7 Å². The van der Waals surface area contributed by atoms with Crippen LogP contribution in [0.2, 0.25) is 0 Å². The molecule has 2 aromatic carbocycles. The molecule has 2 aromatic rings. The molecule has 1 aliphatic rings. The maximum Gasteiger partial charge on any atom is 0.251 e. The summed E-state index contributed by atoms with van der Waals surface area (Å²) in [7, 11) is -2.26. The molecule has 0 radical (unpaired) electrons. The maximum atomic E-state index is 13.9. The highest BCUT2D eigenvalue weighted by molar-refractivity contribution is 7.89. The molecule has 0 saturated heterocycles. The summed E-state index contributed by atoms with van der Waals surface area (Å²) >= 11 is 0. The van der Waals surface area contributed by atoms with Crippen LogP contribution in [0, 0.1) is 5.82 Å². The van der Waals surface area contributed by atoms with E-state index in [1.165, 1.54) is 43.5 Å². The number of hydrogen-bond donors (Lipinski definition) is 2. The van der Waals surface area contributed by atoms with Gasteiger partial charge in [-0.3, -0.25) is 4.79 Å². The van der Waals surface area contributed by atoms with Crippen molar-refractivity contribution in [3.63, 3.8) is 0 Å². The molecule has 0 spiro atoms. The Morgan fingerprint density at radius 3 is 2.59 bits per heavy atom. The van der Waals surface area contributed by atoms with Crippen LogP contribution in [-0.4, -0.2) is 27.5 Å². The fourth-order valence-electron chi connectivity index (χ4n) is 2.61. The highest BCUT2D eigenvalue weighted by Crippen LogP contribution is 2.24. The summed E-state index contributed by atoms with van der Waals surface area (Å²) in [6.07, 6.45) is 1.66. The van der Waals surface area contributed by atoms with Gasteiger partial charge in [-0.15, -0.1) is 0 Å². The van der Waals surface area contributed by atoms with Gasteiger partial charge in [-0.25, -0.2) is 17.5 Å². The van der Waals surface area contributed by atoms with Crippen LogP contribution >= 0.6 is 0 Å². The Labute approximate surface area is 157 Å². The van der Waals surface area contributed by atoms with E-state index in [4.69, 9.17) is 4.74 Å². The smallest absolute Gasteiger partial charge is 0.251 e. The molecule has 8 heteroatoms. The van der Waals surface area contributed by atoms with Gasteiger partial charge in [0.05, 0.1) is 18.0 Å². The van der Waals surface area contributed by atoms with E-state index in [0.29, 0.717) is 5.56 Å². The van der Waals surface area contributed by atoms with Gasteiger partial charge >= 0.3 is 0 Å². The molecule has 1 amide bonds. The number of methoxy groups -OCH3 is 1. The lowest BCUT2D eigenvalue weighted by Gasteiger charge is -2.16. The minimum Gasteiger partial charge on any atom is -0.494 e. The summed E-state index contributed by atoms with van der Waals surface area (Å²) in [5, 5.41) is 2.75. The quantitative estimate of drug-likeness (QED) is 0.759. The van der Waals surface area contributed by atoms with E-state index >= 15 is 0 Å². The van der Waals surface area contributed by atoms with Gasteiger partial charge in [0, 0.05) is 11.6 Å². The van der Waals surface area contributed by atoms with Crippen molar-refractivity contribution in [1.29, 1.82) is 0 Å². The zero-order valence-electron chi connectivity index (χ0n) is 15.0. The number of ether oxygens (including phenoxy) is 1. The normalized spacial score (nSPS) is 15.2. The molecule has 6 nitrogen and oxygen atoms in total. The zero-order chi connectivity index (χ0) is 19.6. The van der Waals surface area contributed by atoms with Crippen LogP contribution in [0.5, 0.6) is 5.75 Å². The highest BCUT2D eigenvalue weighted by Gasteiger charge is 2.28. The summed E-state index contributed by atoms with van der Waals surface area (Å²) < 4.78 is 45.9. The second-order valence-electron chi connectivity index (χ2n) is 6.51. The van der Waals surface area contributed by atoms with Gasteiger partial charge in [0.15, 0.2) is 11.6 Å². The largest absolute Gasteiger partial charge is 0.494 e. The van der Waals surface area contributed by atoms with Gasteiger partial charge in [0.25, 0.3) is 5.91 Å². The minimum absolute atomic E-state index is 0.0162. The molecule has 0 bridgehead atoms. The molecular weight excluding hydrogens is 371 g/mol. The highest BCUT2D eigenvalue weighted by atomic mass is 32.2. The molecule has 27 heavy (non-hydrogen) atoms. The Hall–Kier alpha value is -2.45. The number of halogens is 1. The Balaban J connectivity index is 1.74.